The fraction of sp³-hybridized carbons (Fsp3) is 0.353. The van der Waals surface area contributed by atoms with Crippen molar-refractivity contribution < 1.29 is 17.9 Å². The number of hydrogen-bond donors (Lipinski definition) is 1. The first-order valence-corrected chi connectivity index (χ1v) is 10.6. The van der Waals surface area contributed by atoms with Gasteiger partial charge >= 0.3 is 0 Å². The third-order valence-electron chi connectivity index (χ3n) is 4.09. The molecule has 1 atom stereocenters. The quantitative estimate of drug-likeness (QED) is 0.699. The molecule has 1 fully saturated rings. The van der Waals surface area contributed by atoms with E-state index in [0.29, 0.717) is 13.2 Å². The van der Waals surface area contributed by atoms with Crippen LogP contribution in [0, 0.1) is 0 Å². The molecule has 1 amide bonds. The molecule has 1 aromatic carbocycles. The molecule has 1 N–H and O–H groups in total. The highest BCUT2D eigenvalue weighted by Crippen LogP contribution is 2.20. The smallest absolute Gasteiger partial charge is 0.267 e. The van der Waals surface area contributed by atoms with Gasteiger partial charge in [0.05, 0.1) is 11.0 Å². The maximum Gasteiger partial charge on any atom is 0.267 e. The molecule has 10 heteroatoms. The molecule has 0 saturated carbocycles. The summed E-state index contributed by atoms with van der Waals surface area (Å²) in [4.78, 5) is 24.1. The number of ether oxygens (including phenoxy) is 1. The highest BCUT2D eigenvalue weighted by atomic mass is 79.9. The van der Waals surface area contributed by atoms with Crippen molar-refractivity contribution >= 4 is 31.7 Å². The van der Waals surface area contributed by atoms with Gasteiger partial charge in [0, 0.05) is 23.7 Å². The van der Waals surface area contributed by atoms with Crippen LogP contribution in [0.1, 0.15) is 12.8 Å². The summed E-state index contributed by atoms with van der Waals surface area (Å²) >= 11 is 3.25. The van der Waals surface area contributed by atoms with Crippen molar-refractivity contribution in [2.45, 2.75) is 35.4 Å². The van der Waals surface area contributed by atoms with Crippen LogP contribution in [-0.2, 0) is 25.9 Å². The molecule has 8 nitrogen and oxygen atoms in total. The minimum atomic E-state index is -3.90. The van der Waals surface area contributed by atoms with E-state index in [0.717, 1.165) is 34.1 Å². The molecule has 2 heterocycles. The van der Waals surface area contributed by atoms with Gasteiger partial charge in [-0.25, -0.2) is 13.1 Å². The number of aromatic nitrogens is 2. The van der Waals surface area contributed by atoms with Crippen molar-refractivity contribution in [3.8, 4) is 0 Å². The van der Waals surface area contributed by atoms with Gasteiger partial charge in [0.2, 0.25) is 15.7 Å². The summed E-state index contributed by atoms with van der Waals surface area (Å²) in [5.41, 5.74) is -0.558. The Hall–Kier alpha value is -2.04. The van der Waals surface area contributed by atoms with E-state index in [4.69, 9.17) is 4.74 Å². The summed E-state index contributed by atoms with van der Waals surface area (Å²) in [6.45, 7) is 0.664. The highest BCUT2D eigenvalue weighted by molar-refractivity contribution is 9.10. The number of halogens is 1. The Balaban J connectivity index is 1.76. The van der Waals surface area contributed by atoms with Crippen LogP contribution >= 0.6 is 15.9 Å². The Morgan fingerprint density at radius 2 is 2.00 bits per heavy atom. The number of nitrogens with zero attached hydrogens (tertiary/aromatic N) is 2. The van der Waals surface area contributed by atoms with Crippen molar-refractivity contribution in [1.29, 1.82) is 0 Å². The number of nitrogens with one attached hydrogen (secondary N) is 1. The Labute approximate surface area is 164 Å². The summed E-state index contributed by atoms with van der Waals surface area (Å²) in [6.07, 6.45) is 1.81. The number of carbonyl (C=O) groups excluding carboxylic acids is 1. The van der Waals surface area contributed by atoms with Gasteiger partial charge in [0.25, 0.3) is 5.56 Å². The van der Waals surface area contributed by atoms with Crippen LogP contribution in [0.4, 0.5) is 0 Å². The molecule has 1 aliphatic heterocycles. The number of sulfone groups is 1. The Bertz CT molecular complexity index is 982. The van der Waals surface area contributed by atoms with Crippen molar-refractivity contribution in [2.24, 2.45) is 0 Å². The van der Waals surface area contributed by atoms with Crippen molar-refractivity contribution in [3.63, 3.8) is 0 Å². The molecule has 144 valence electrons. The van der Waals surface area contributed by atoms with Gasteiger partial charge in [-0.1, -0.05) is 15.9 Å². The predicted octanol–water partition coefficient (Wildman–Crippen LogP) is 1.13. The van der Waals surface area contributed by atoms with Crippen LogP contribution in [-0.4, -0.2) is 43.4 Å². The molecular formula is C17H18BrN3O5S. The normalized spacial score (nSPS) is 17.0. The van der Waals surface area contributed by atoms with Gasteiger partial charge in [0.15, 0.2) is 5.03 Å². The molecule has 0 spiro atoms. The van der Waals surface area contributed by atoms with Crippen LogP contribution in [0.2, 0.25) is 0 Å². The average molecular weight is 456 g/mol. The van der Waals surface area contributed by atoms with Gasteiger partial charge in [-0.3, -0.25) is 9.59 Å². The minimum absolute atomic E-state index is 0.0252. The zero-order valence-electron chi connectivity index (χ0n) is 14.3. The van der Waals surface area contributed by atoms with Crippen LogP contribution in [0.15, 0.2) is 55.6 Å². The van der Waals surface area contributed by atoms with Crippen molar-refractivity contribution in [2.75, 3.05) is 13.2 Å². The zero-order chi connectivity index (χ0) is 19.4. The molecule has 1 aliphatic rings. The summed E-state index contributed by atoms with van der Waals surface area (Å²) in [6, 6.07) is 8.30. The summed E-state index contributed by atoms with van der Waals surface area (Å²) in [5.74, 6) is -0.432. The predicted molar refractivity (Wildman–Crippen MR) is 100 cm³/mol. The molecule has 0 bridgehead atoms. The number of benzene rings is 1. The third kappa shape index (κ3) is 4.82. The Morgan fingerprint density at radius 3 is 2.67 bits per heavy atom. The standard InChI is InChI=1S/C17H18BrN3O5S/c18-12-3-5-14(6-4-12)27(24,25)16-7-8-17(23)21(20-16)11-15(22)19-10-13-2-1-9-26-13/h3-8,13H,1-2,9-11H2,(H,19,22)/t13-/m1/s1. The summed E-state index contributed by atoms with van der Waals surface area (Å²) < 4.78 is 32.4. The molecule has 0 radical (unpaired) electrons. The lowest BCUT2D eigenvalue weighted by Crippen LogP contribution is -2.37. The van der Waals surface area contributed by atoms with Gasteiger partial charge in [-0.15, -0.1) is 0 Å². The van der Waals surface area contributed by atoms with Gasteiger partial charge < -0.3 is 10.1 Å². The molecule has 3 rings (SSSR count). The molecule has 0 unspecified atom stereocenters. The highest BCUT2D eigenvalue weighted by Gasteiger charge is 2.21. The van der Waals surface area contributed by atoms with Crippen LogP contribution in [0.25, 0.3) is 0 Å². The van der Waals surface area contributed by atoms with Gasteiger partial charge in [-0.2, -0.15) is 5.10 Å². The van der Waals surface area contributed by atoms with E-state index in [1.807, 2.05) is 0 Å². The second-order valence-electron chi connectivity index (χ2n) is 6.06. The average Bonchev–Trinajstić information content (AvgIpc) is 3.16. The second-order valence-corrected chi connectivity index (χ2v) is 8.88. The third-order valence-corrected chi connectivity index (χ3v) is 6.28. The topological polar surface area (TPSA) is 107 Å². The van der Waals surface area contributed by atoms with Gasteiger partial charge in [-0.05, 0) is 43.2 Å². The van der Waals surface area contributed by atoms with Crippen LogP contribution < -0.4 is 10.9 Å². The van der Waals surface area contributed by atoms with E-state index < -0.39 is 21.3 Å². The van der Waals surface area contributed by atoms with E-state index in [1.165, 1.54) is 12.1 Å². The lowest BCUT2D eigenvalue weighted by molar-refractivity contribution is -0.122. The Kier molecular flexibility index (Phi) is 6.08. The second kappa shape index (κ2) is 8.32. The van der Waals surface area contributed by atoms with E-state index in [-0.39, 0.29) is 22.6 Å². The molecule has 1 saturated heterocycles. The van der Waals surface area contributed by atoms with E-state index in [9.17, 15) is 18.0 Å². The largest absolute Gasteiger partial charge is 0.376 e. The van der Waals surface area contributed by atoms with E-state index in [1.54, 1.807) is 12.1 Å². The maximum absolute atomic E-state index is 12.7. The van der Waals surface area contributed by atoms with Crippen molar-refractivity contribution in [3.05, 3.63) is 51.2 Å². The zero-order valence-corrected chi connectivity index (χ0v) is 16.7. The van der Waals surface area contributed by atoms with E-state index >= 15 is 0 Å². The fourth-order valence-electron chi connectivity index (χ4n) is 2.65. The SMILES string of the molecule is O=C(Cn1nc(S(=O)(=O)c2ccc(Br)cc2)ccc1=O)NC[C@H]1CCCO1. The molecule has 27 heavy (non-hydrogen) atoms. The molecule has 2 aromatic rings. The molecule has 1 aromatic heterocycles. The summed E-state index contributed by atoms with van der Waals surface area (Å²) in [7, 11) is -3.90. The van der Waals surface area contributed by atoms with Crippen LogP contribution in [0.3, 0.4) is 0 Å². The number of amides is 1. The fourth-order valence-corrected chi connectivity index (χ4v) is 4.10. The lowest BCUT2D eigenvalue weighted by Gasteiger charge is -2.11. The first-order valence-electron chi connectivity index (χ1n) is 8.33. The number of hydrogen-bond acceptors (Lipinski definition) is 6. The molecular weight excluding hydrogens is 438 g/mol. The number of carbonyl (C=O) groups is 1. The summed E-state index contributed by atoms with van der Waals surface area (Å²) in [5, 5.41) is 6.26. The molecule has 0 aliphatic carbocycles. The lowest BCUT2D eigenvalue weighted by atomic mass is 10.2. The number of rotatable bonds is 6. The van der Waals surface area contributed by atoms with Crippen molar-refractivity contribution in [1.82, 2.24) is 15.1 Å². The minimum Gasteiger partial charge on any atom is -0.376 e. The van der Waals surface area contributed by atoms with Crippen LogP contribution in [0.5, 0.6) is 0 Å². The van der Waals surface area contributed by atoms with E-state index in [2.05, 4.69) is 26.3 Å². The maximum atomic E-state index is 12.7. The first kappa shape index (κ1) is 19.7. The Morgan fingerprint density at radius 1 is 1.26 bits per heavy atom. The van der Waals surface area contributed by atoms with Gasteiger partial charge in [0.1, 0.15) is 6.54 Å². The monoisotopic (exact) mass is 455 g/mol. The first-order chi connectivity index (χ1) is 12.9.